The van der Waals surface area contributed by atoms with Crippen molar-refractivity contribution in [2.75, 3.05) is 26.2 Å². The van der Waals surface area contributed by atoms with Gasteiger partial charge in [-0.1, -0.05) is 23.2 Å². The summed E-state index contributed by atoms with van der Waals surface area (Å²) in [5, 5.41) is 16.2. The summed E-state index contributed by atoms with van der Waals surface area (Å²) in [5.74, 6) is 1.57. The molecule has 1 aromatic heterocycles. The van der Waals surface area contributed by atoms with E-state index in [1.54, 1.807) is 12.1 Å². The number of rotatable bonds is 8. The third-order valence-corrected chi connectivity index (χ3v) is 3.47. The molecule has 0 saturated heterocycles. The lowest BCUT2D eigenvalue weighted by Gasteiger charge is -2.04. The van der Waals surface area contributed by atoms with Crippen LogP contribution in [0, 0.1) is 0 Å². The van der Waals surface area contributed by atoms with Gasteiger partial charge in [-0.05, 0) is 30.3 Å². The van der Waals surface area contributed by atoms with Gasteiger partial charge in [0, 0.05) is 30.2 Å². The van der Waals surface area contributed by atoms with Crippen molar-refractivity contribution in [3.63, 3.8) is 0 Å². The second-order valence-electron chi connectivity index (χ2n) is 4.54. The standard InChI is InChI=1S/C15H18Cl2N2O2/c16-11-1-3-13(14(17)9-11)15-4-2-12(21-15)10-19-6-5-18-7-8-20/h1-4,9,18-20H,5-8,10H2. The predicted octanol–water partition coefficient (Wildman–Crippen LogP) is 2.92. The van der Waals surface area contributed by atoms with E-state index in [9.17, 15) is 0 Å². The van der Waals surface area contributed by atoms with Gasteiger partial charge in [-0.3, -0.25) is 0 Å². The van der Waals surface area contributed by atoms with Crippen LogP contribution in [0.4, 0.5) is 0 Å². The number of aliphatic hydroxyl groups is 1. The van der Waals surface area contributed by atoms with Gasteiger partial charge in [0.1, 0.15) is 11.5 Å². The molecule has 4 nitrogen and oxygen atoms in total. The van der Waals surface area contributed by atoms with Crippen LogP contribution in [0.2, 0.25) is 10.0 Å². The maximum atomic E-state index is 8.63. The number of hydrogen-bond acceptors (Lipinski definition) is 4. The van der Waals surface area contributed by atoms with Crippen LogP contribution in [0.5, 0.6) is 0 Å². The van der Waals surface area contributed by atoms with Crippen LogP contribution in [-0.2, 0) is 6.54 Å². The highest BCUT2D eigenvalue weighted by atomic mass is 35.5. The van der Waals surface area contributed by atoms with Gasteiger partial charge in [-0.25, -0.2) is 0 Å². The van der Waals surface area contributed by atoms with Crippen LogP contribution in [0.15, 0.2) is 34.7 Å². The first kappa shape index (κ1) is 16.3. The SMILES string of the molecule is OCCNCCNCc1ccc(-c2ccc(Cl)cc2Cl)o1. The molecular formula is C15H18Cl2N2O2. The fourth-order valence-corrected chi connectivity index (χ4v) is 2.40. The van der Waals surface area contributed by atoms with E-state index in [4.69, 9.17) is 32.7 Å². The molecule has 0 saturated carbocycles. The summed E-state index contributed by atoms with van der Waals surface area (Å²) in [6.45, 7) is 3.02. The summed E-state index contributed by atoms with van der Waals surface area (Å²) >= 11 is 12.0. The van der Waals surface area contributed by atoms with Crippen molar-refractivity contribution in [2.45, 2.75) is 6.54 Å². The molecule has 0 spiro atoms. The Balaban J connectivity index is 1.86. The molecule has 0 atom stereocenters. The molecule has 1 aromatic carbocycles. The molecule has 0 aliphatic heterocycles. The second-order valence-corrected chi connectivity index (χ2v) is 5.38. The fraction of sp³-hybridized carbons (Fsp3) is 0.333. The number of aliphatic hydroxyl groups excluding tert-OH is 1. The third-order valence-electron chi connectivity index (χ3n) is 2.92. The molecule has 21 heavy (non-hydrogen) atoms. The van der Waals surface area contributed by atoms with Crippen LogP contribution >= 0.6 is 23.2 Å². The summed E-state index contributed by atoms with van der Waals surface area (Å²) in [6.07, 6.45) is 0. The van der Waals surface area contributed by atoms with E-state index < -0.39 is 0 Å². The number of nitrogens with one attached hydrogen (secondary N) is 2. The highest BCUT2D eigenvalue weighted by Crippen LogP contribution is 2.31. The Kier molecular flexibility index (Phi) is 6.54. The topological polar surface area (TPSA) is 57.4 Å². The van der Waals surface area contributed by atoms with Crippen molar-refractivity contribution >= 4 is 23.2 Å². The molecule has 0 aliphatic rings. The lowest BCUT2D eigenvalue weighted by atomic mass is 10.2. The summed E-state index contributed by atoms with van der Waals surface area (Å²) in [4.78, 5) is 0. The van der Waals surface area contributed by atoms with Crippen LogP contribution in [0.1, 0.15) is 5.76 Å². The first-order valence-electron chi connectivity index (χ1n) is 6.77. The normalized spacial score (nSPS) is 11.0. The largest absolute Gasteiger partial charge is 0.460 e. The summed E-state index contributed by atoms with van der Waals surface area (Å²) in [7, 11) is 0. The molecule has 6 heteroatoms. The van der Waals surface area contributed by atoms with E-state index in [2.05, 4.69) is 10.6 Å². The molecular weight excluding hydrogens is 311 g/mol. The average molecular weight is 329 g/mol. The Hall–Kier alpha value is -1.04. The van der Waals surface area contributed by atoms with Gasteiger partial charge in [0.2, 0.25) is 0 Å². The van der Waals surface area contributed by atoms with Crippen molar-refractivity contribution < 1.29 is 9.52 Å². The fourth-order valence-electron chi connectivity index (χ4n) is 1.90. The average Bonchev–Trinajstić information content (AvgIpc) is 2.91. The molecule has 114 valence electrons. The van der Waals surface area contributed by atoms with Crippen LogP contribution in [0.25, 0.3) is 11.3 Å². The van der Waals surface area contributed by atoms with Gasteiger partial charge < -0.3 is 20.2 Å². The zero-order valence-electron chi connectivity index (χ0n) is 11.5. The Bertz CT molecular complexity index is 573. The summed E-state index contributed by atoms with van der Waals surface area (Å²) < 4.78 is 5.77. The van der Waals surface area contributed by atoms with Gasteiger partial charge in [0.05, 0.1) is 18.2 Å². The van der Waals surface area contributed by atoms with Crippen LogP contribution < -0.4 is 10.6 Å². The molecule has 0 unspecified atom stereocenters. The quantitative estimate of drug-likeness (QED) is 0.652. The molecule has 3 N–H and O–H groups in total. The number of benzene rings is 1. The van der Waals surface area contributed by atoms with E-state index in [-0.39, 0.29) is 6.61 Å². The van der Waals surface area contributed by atoms with Crippen molar-refractivity contribution in [2.24, 2.45) is 0 Å². The molecule has 2 aromatic rings. The highest BCUT2D eigenvalue weighted by Gasteiger charge is 2.09. The number of furan rings is 1. The molecule has 0 aliphatic carbocycles. The lowest BCUT2D eigenvalue weighted by molar-refractivity contribution is 0.292. The molecule has 0 amide bonds. The molecule has 0 radical (unpaired) electrons. The maximum Gasteiger partial charge on any atom is 0.135 e. The molecule has 0 fully saturated rings. The van der Waals surface area contributed by atoms with Crippen molar-refractivity contribution in [1.29, 1.82) is 0 Å². The van der Waals surface area contributed by atoms with Crippen molar-refractivity contribution in [3.05, 3.63) is 46.1 Å². The Morgan fingerprint density at radius 3 is 2.57 bits per heavy atom. The second kappa shape index (κ2) is 8.41. The van der Waals surface area contributed by atoms with Gasteiger partial charge in [0.15, 0.2) is 0 Å². The minimum atomic E-state index is 0.156. The third kappa shape index (κ3) is 5.02. The first-order valence-corrected chi connectivity index (χ1v) is 7.52. The van der Waals surface area contributed by atoms with E-state index in [0.29, 0.717) is 23.1 Å². The zero-order chi connectivity index (χ0) is 15.1. The minimum absolute atomic E-state index is 0.156. The lowest BCUT2D eigenvalue weighted by Crippen LogP contribution is -2.28. The van der Waals surface area contributed by atoms with E-state index in [0.717, 1.165) is 30.2 Å². The molecule has 1 heterocycles. The van der Waals surface area contributed by atoms with Crippen molar-refractivity contribution in [1.82, 2.24) is 10.6 Å². The maximum absolute atomic E-state index is 8.63. The van der Waals surface area contributed by atoms with E-state index in [1.165, 1.54) is 0 Å². The smallest absolute Gasteiger partial charge is 0.135 e. The van der Waals surface area contributed by atoms with Gasteiger partial charge in [0.25, 0.3) is 0 Å². The monoisotopic (exact) mass is 328 g/mol. The van der Waals surface area contributed by atoms with Crippen LogP contribution in [-0.4, -0.2) is 31.3 Å². The van der Waals surface area contributed by atoms with E-state index in [1.807, 2.05) is 18.2 Å². The zero-order valence-corrected chi connectivity index (χ0v) is 13.0. The van der Waals surface area contributed by atoms with Crippen molar-refractivity contribution in [3.8, 4) is 11.3 Å². The Labute approximate surface area is 134 Å². The summed E-state index contributed by atoms with van der Waals surface area (Å²) in [6, 6.07) is 9.16. The van der Waals surface area contributed by atoms with Crippen LogP contribution in [0.3, 0.4) is 0 Å². The highest BCUT2D eigenvalue weighted by molar-refractivity contribution is 6.36. The first-order chi connectivity index (χ1) is 10.2. The van der Waals surface area contributed by atoms with Gasteiger partial charge in [-0.2, -0.15) is 0 Å². The van der Waals surface area contributed by atoms with Gasteiger partial charge in [-0.15, -0.1) is 0 Å². The molecule has 2 rings (SSSR count). The number of halogens is 2. The Morgan fingerprint density at radius 1 is 1.00 bits per heavy atom. The minimum Gasteiger partial charge on any atom is -0.460 e. The molecule has 0 bridgehead atoms. The van der Waals surface area contributed by atoms with Gasteiger partial charge >= 0.3 is 0 Å². The number of hydrogen-bond donors (Lipinski definition) is 3. The Morgan fingerprint density at radius 2 is 1.81 bits per heavy atom. The van der Waals surface area contributed by atoms with E-state index >= 15 is 0 Å². The predicted molar refractivity (Wildman–Crippen MR) is 85.8 cm³/mol. The summed E-state index contributed by atoms with van der Waals surface area (Å²) in [5.41, 5.74) is 0.830.